The minimum Gasteiger partial charge on any atom is -0.380 e. The number of methoxy groups -OCH3 is 1. The first-order chi connectivity index (χ1) is 7.67. The smallest absolute Gasteiger partial charge is 0.144 e. The van der Waals surface area contributed by atoms with Crippen LogP contribution >= 0.6 is 11.6 Å². The number of hydrogen-bond acceptors (Lipinski definition) is 4. The summed E-state index contributed by atoms with van der Waals surface area (Å²) in [5.74, 6) is 0.793. The fourth-order valence-corrected chi connectivity index (χ4v) is 2.25. The molecule has 16 heavy (non-hydrogen) atoms. The van der Waals surface area contributed by atoms with Crippen molar-refractivity contribution in [3.8, 4) is 0 Å². The lowest BCUT2D eigenvalue weighted by atomic mass is 10.3. The quantitative estimate of drug-likeness (QED) is 0.755. The van der Waals surface area contributed by atoms with Gasteiger partial charge < -0.3 is 4.74 Å². The number of likely N-dealkylation sites (tertiary alicyclic amines) is 1. The molecule has 1 unspecified atom stereocenters. The molecule has 88 valence electrons. The van der Waals surface area contributed by atoms with Crippen molar-refractivity contribution in [2.45, 2.75) is 26.0 Å². The van der Waals surface area contributed by atoms with Gasteiger partial charge in [0.1, 0.15) is 11.0 Å². The number of aryl methyl sites for hydroxylation is 1. The normalized spacial score (nSPS) is 21.6. The standard InChI is InChI=1S/C11H16ClN3O/c1-8-5-10(12)14-11(13-8)7-15-4-3-9(6-15)16-2/h5,9H,3-4,6-7H2,1-2H3. The molecule has 0 radical (unpaired) electrons. The second-order valence-corrected chi connectivity index (χ2v) is 4.52. The zero-order valence-electron chi connectivity index (χ0n) is 9.61. The lowest BCUT2D eigenvalue weighted by Gasteiger charge is -2.14. The van der Waals surface area contributed by atoms with E-state index in [-0.39, 0.29) is 0 Å². The molecule has 1 aliphatic heterocycles. The minimum absolute atomic E-state index is 0.347. The Morgan fingerprint density at radius 3 is 3.00 bits per heavy atom. The molecule has 0 saturated carbocycles. The molecule has 0 spiro atoms. The molecule has 0 aromatic carbocycles. The topological polar surface area (TPSA) is 38.2 Å². The monoisotopic (exact) mass is 241 g/mol. The van der Waals surface area contributed by atoms with E-state index in [4.69, 9.17) is 16.3 Å². The molecule has 1 saturated heterocycles. The van der Waals surface area contributed by atoms with Crippen molar-refractivity contribution in [1.82, 2.24) is 14.9 Å². The van der Waals surface area contributed by atoms with Gasteiger partial charge in [-0.25, -0.2) is 9.97 Å². The molecule has 4 nitrogen and oxygen atoms in total. The molecule has 5 heteroatoms. The van der Waals surface area contributed by atoms with Gasteiger partial charge in [0.2, 0.25) is 0 Å². The summed E-state index contributed by atoms with van der Waals surface area (Å²) < 4.78 is 5.32. The summed E-state index contributed by atoms with van der Waals surface area (Å²) in [5.41, 5.74) is 0.914. The van der Waals surface area contributed by atoms with Gasteiger partial charge >= 0.3 is 0 Å². The molecule has 0 amide bonds. The van der Waals surface area contributed by atoms with Crippen LogP contribution in [-0.2, 0) is 11.3 Å². The van der Waals surface area contributed by atoms with E-state index in [1.165, 1.54) is 0 Å². The van der Waals surface area contributed by atoms with Crippen LogP contribution in [0.4, 0.5) is 0 Å². The average Bonchev–Trinajstić information content (AvgIpc) is 2.64. The molecule has 0 bridgehead atoms. The van der Waals surface area contributed by atoms with Crippen LogP contribution in [0.2, 0.25) is 5.15 Å². The third-order valence-electron chi connectivity index (χ3n) is 2.80. The number of ether oxygens (including phenoxy) is 1. The first-order valence-corrected chi connectivity index (χ1v) is 5.80. The Kier molecular flexibility index (Phi) is 3.74. The van der Waals surface area contributed by atoms with E-state index in [0.29, 0.717) is 11.3 Å². The van der Waals surface area contributed by atoms with Gasteiger partial charge in [-0.15, -0.1) is 0 Å². The van der Waals surface area contributed by atoms with Crippen molar-refractivity contribution in [1.29, 1.82) is 0 Å². The Morgan fingerprint density at radius 1 is 1.56 bits per heavy atom. The highest BCUT2D eigenvalue weighted by atomic mass is 35.5. The van der Waals surface area contributed by atoms with Crippen LogP contribution in [0.15, 0.2) is 6.07 Å². The molecule has 1 aliphatic rings. The fourth-order valence-electron chi connectivity index (χ4n) is 1.99. The van der Waals surface area contributed by atoms with Gasteiger partial charge in [0.25, 0.3) is 0 Å². The Morgan fingerprint density at radius 2 is 2.38 bits per heavy atom. The molecule has 1 aromatic rings. The van der Waals surface area contributed by atoms with Crippen molar-refractivity contribution in [2.24, 2.45) is 0 Å². The summed E-state index contributed by atoms with van der Waals surface area (Å²) in [6.07, 6.45) is 1.43. The summed E-state index contributed by atoms with van der Waals surface area (Å²) >= 11 is 5.90. The predicted molar refractivity (Wildman–Crippen MR) is 62.5 cm³/mol. The van der Waals surface area contributed by atoms with E-state index in [9.17, 15) is 0 Å². The molecule has 2 heterocycles. The highest BCUT2D eigenvalue weighted by molar-refractivity contribution is 6.29. The SMILES string of the molecule is COC1CCN(Cc2nc(C)cc(Cl)n2)C1. The van der Waals surface area contributed by atoms with Gasteiger partial charge in [0.15, 0.2) is 0 Å². The van der Waals surface area contributed by atoms with Crippen LogP contribution in [0.25, 0.3) is 0 Å². The Bertz CT molecular complexity index is 352. The molecule has 1 fully saturated rings. The zero-order chi connectivity index (χ0) is 11.5. The third-order valence-corrected chi connectivity index (χ3v) is 2.99. The molecule has 0 aliphatic carbocycles. The van der Waals surface area contributed by atoms with E-state index in [1.54, 1.807) is 13.2 Å². The molecule has 1 aromatic heterocycles. The van der Waals surface area contributed by atoms with Crippen LogP contribution in [0.1, 0.15) is 17.9 Å². The first-order valence-electron chi connectivity index (χ1n) is 5.42. The van der Waals surface area contributed by atoms with E-state index in [2.05, 4.69) is 14.9 Å². The van der Waals surface area contributed by atoms with Crippen LogP contribution in [0.5, 0.6) is 0 Å². The lowest BCUT2D eigenvalue weighted by Crippen LogP contribution is -2.23. The number of halogens is 1. The second-order valence-electron chi connectivity index (χ2n) is 4.13. The zero-order valence-corrected chi connectivity index (χ0v) is 10.4. The van der Waals surface area contributed by atoms with Crippen molar-refractivity contribution < 1.29 is 4.74 Å². The van der Waals surface area contributed by atoms with Gasteiger partial charge in [0, 0.05) is 25.9 Å². The number of aromatic nitrogens is 2. The first kappa shape index (κ1) is 11.8. The van der Waals surface area contributed by atoms with Gasteiger partial charge in [-0.3, -0.25) is 4.90 Å². The molecule has 2 rings (SSSR count). The van der Waals surface area contributed by atoms with Gasteiger partial charge in [0.05, 0.1) is 12.6 Å². The van der Waals surface area contributed by atoms with Crippen LogP contribution in [-0.4, -0.2) is 41.2 Å². The summed E-state index contributed by atoms with van der Waals surface area (Å²) in [4.78, 5) is 10.9. The Labute approximate surface area is 101 Å². The van der Waals surface area contributed by atoms with E-state index in [1.807, 2.05) is 6.92 Å². The largest absolute Gasteiger partial charge is 0.380 e. The van der Waals surface area contributed by atoms with E-state index < -0.39 is 0 Å². The Balaban J connectivity index is 1.99. The third kappa shape index (κ3) is 2.90. The molecule has 1 atom stereocenters. The molecule has 0 N–H and O–H groups in total. The number of nitrogens with zero attached hydrogens (tertiary/aromatic N) is 3. The fraction of sp³-hybridized carbons (Fsp3) is 0.636. The highest BCUT2D eigenvalue weighted by Crippen LogP contribution is 2.15. The van der Waals surface area contributed by atoms with Gasteiger partial charge in [-0.2, -0.15) is 0 Å². The average molecular weight is 242 g/mol. The van der Waals surface area contributed by atoms with Gasteiger partial charge in [-0.05, 0) is 19.4 Å². The maximum absolute atomic E-state index is 5.90. The van der Waals surface area contributed by atoms with Crippen LogP contribution in [0.3, 0.4) is 0 Å². The van der Waals surface area contributed by atoms with Crippen LogP contribution in [0, 0.1) is 6.92 Å². The summed E-state index contributed by atoms with van der Waals surface area (Å²) in [6.45, 7) is 4.67. The summed E-state index contributed by atoms with van der Waals surface area (Å²) in [7, 11) is 1.76. The Hall–Kier alpha value is -0.710. The predicted octanol–water partition coefficient (Wildman–Crippen LogP) is 1.66. The summed E-state index contributed by atoms with van der Waals surface area (Å²) in [6, 6.07) is 1.77. The van der Waals surface area contributed by atoms with Crippen molar-refractivity contribution in [2.75, 3.05) is 20.2 Å². The van der Waals surface area contributed by atoms with E-state index >= 15 is 0 Å². The van der Waals surface area contributed by atoms with E-state index in [0.717, 1.165) is 37.6 Å². The van der Waals surface area contributed by atoms with Crippen molar-refractivity contribution >= 4 is 11.6 Å². The molecular formula is C11H16ClN3O. The maximum Gasteiger partial charge on any atom is 0.144 e. The maximum atomic E-state index is 5.90. The van der Waals surface area contributed by atoms with Crippen molar-refractivity contribution in [3.05, 3.63) is 22.7 Å². The number of hydrogen-bond donors (Lipinski definition) is 0. The van der Waals surface area contributed by atoms with Crippen molar-refractivity contribution in [3.63, 3.8) is 0 Å². The van der Waals surface area contributed by atoms with Gasteiger partial charge in [-0.1, -0.05) is 11.6 Å². The second kappa shape index (κ2) is 5.08. The molecular weight excluding hydrogens is 226 g/mol. The highest BCUT2D eigenvalue weighted by Gasteiger charge is 2.22. The lowest BCUT2D eigenvalue weighted by molar-refractivity contribution is 0.107. The minimum atomic E-state index is 0.347. The summed E-state index contributed by atoms with van der Waals surface area (Å²) in [5, 5.41) is 0.519. The number of rotatable bonds is 3. The van der Waals surface area contributed by atoms with Crippen LogP contribution < -0.4 is 0 Å².